The van der Waals surface area contributed by atoms with Crippen LogP contribution in [0.1, 0.15) is 26.2 Å². The predicted molar refractivity (Wildman–Crippen MR) is 39.5 cm³/mol. The molecule has 0 saturated heterocycles. The average Bonchev–Trinajstić information content (AvgIpc) is 1.80. The molecule has 0 heterocycles. The summed E-state index contributed by atoms with van der Waals surface area (Å²) in [6.07, 6.45) is 3.49. The van der Waals surface area contributed by atoms with Crippen molar-refractivity contribution in [2.45, 2.75) is 31.4 Å². The second kappa shape index (κ2) is 6.15. The standard InChI is InChI=1S/C6H13AsO2/c1-2-3-4-5-7-6(8)9/h7H,2-5H2,1H3,(H,8,9). The molecule has 9 heavy (non-hydrogen) atoms. The summed E-state index contributed by atoms with van der Waals surface area (Å²) in [4.78, 5) is 10.0. The van der Waals surface area contributed by atoms with Crippen molar-refractivity contribution in [2.75, 3.05) is 0 Å². The fraction of sp³-hybridized carbons (Fsp3) is 0.833. The van der Waals surface area contributed by atoms with Gasteiger partial charge in [-0.25, -0.2) is 0 Å². The Morgan fingerprint density at radius 3 is 2.67 bits per heavy atom. The first-order valence-electron chi connectivity index (χ1n) is 3.24. The Balaban J connectivity index is 2.83. The Kier molecular flexibility index (Phi) is 6.17. The van der Waals surface area contributed by atoms with Gasteiger partial charge in [0.1, 0.15) is 0 Å². The molecule has 2 nitrogen and oxygen atoms in total. The Morgan fingerprint density at radius 2 is 2.22 bits per heavy atom. The fourth-order valence-corrected chi connectivity index (χ4v) is 1.91. The van der Waals surface area contributed by atoms with Crippen molar-refractivity contribution >= 4 is 20.5 Å². The second-order valence-electron chi connectivity index (χ2n) is 1.94. The van der Waals surface area contributed by atoms with E-state index in [1.165, 1.54) is 12.8 Å². The van der Waals surface area contributed by atoms with Crippen molar-refractivity contribution in [1.29, 1.82) is 0 Å². The Morgan fingerprint density at radius 1 is 1.56 bits per heavy atom. The van der Waals surface area contributed by atoms with Gasteiger partial charge in [0.25, 0.3) is 0 Å². The third-order valence-corrected chi connectivity index (χ3v) is 2.96. The van der Waals surface area contributed by atoms with Crippen molar-refractivity contribution in [3.8, 4) is 0 Å². The number of hydrogen-bond acceptors (Lipinski definition) is 1. The van der Waals surface area contributed by atoms with E-state index in [9.17, 15) is 4.79 Å². The van der Waals surface area contributed by atoms with Gasteiger partial charge in [0.05, 0.1) is 0 Å². The van der Waals surface area contributed by atoms with Crippen LogP contribution in [-0.2, 0) is 0 Å². The molecule has 0 aromatic carbocycles. The number of hydrogen-bond donors (Lipinski definition) is 1. The van der Waals surface area contributed by atoms with Crippen LogP contribution in [0.5, 0.6) is 0 Å². The van der Waals surface area contributed by atoms with E-state index < -0.39 is 20.5 Å². The maximum atomic E-state index is 10.0. The molecular weight excluding hydrogens is 179 g/mol. The summed E-state index contributed by atoms with van der Waals surface area (Å²) >= 11 is -0.648. The van der Waals surface area contributed by atoms with Gasteiger partial charge in [0.2, 0.25) is 0 Å². The molecule has 0 aliphatic carbocycles. The van der Waals surface area contributed by atoms with Gasteiger partial charge in [-0.3, -0.25) is 0 Å². The molecule has 0 amide bonds. The molecule has 54 valence electrons. The Labute approximate surface area is 62.3 Å². The summed E-state index contributed by atoms with van der Waals surface area (Å²) in [5, 5.41) is 9.23. The average molecular weight is 192 g/mol. The molecular formula is C6H13AsO2. The van der Waals surface area contributed by atoms with Crippen LogP contribution >= 0.6 is 0 Å². The van der Waals surface area contributed by atoms with Crippen LogP contribution in [0.25, 0.3) is 0 Å². The zero-order valence-corrected chi connectivity index (χ0v) is 7.78. The van der Waals surface area contributed by atoms with Gasteiger partial charge in [-0.05, 0) is 0 Å². The van der Waals surface area contributed by atoms with E-state index in [2.05, 4.69) is 6.92 Å². The van der Waals surface area contributed by atoms with Crippen LogP contribution in [0.2, 0.25) is 5.21 Å². The van der Waals surface area contributed by atoms with E-state index in [0.717, 1.165) is 11.6 Å². The first-order chi connectivity index (χ1) is 4.27. The number of carbonyl (C=O) groups is 1. The molecule has 3 heteroatoms. The normalized spacial score (nSPS) is 10.8. The molecule has 0 aromatic rings. The molecule has 0 aliphatic rings. The minimum atomic E-state index is -0.648. The van der Waals surface area contributed by atoms with Crippen molar-refractivity contribution in [3.63, 3.8) is 0 Å². The molecule has 0 fully saturated rings. The molecule has 0 saturated carbocycles. The molecule has 0 rings (SSSR count). The quantitative estimate of drug-likeness (QED) is 0.531. The van der Waals surface area contributed by atoms with E-state index in [1.807, 2.05) is 0 Å². The van der Waals surface area contributed by atoms with Gasteiger partial charge in [0, 0.05) is 0 Å². The van der Waals surface area contributed by atoms with Gasteiger partial charge in [-0.1, -0.05) is 0 Å². The Bertz CT molecular complexity index is 83.1. The molecule has 1 atom stereocenters. The first kappa shape index (κ1) is 9.03. The van der Waals surface area contributed by atoms with Gasteiger partial charge in [0.15, 0.2) is 0 Å². The van der Waals surface area contributed by atoms with Gasteiger partial charge < -0.3 is 0 Å². The summed E-state index contributed by atoms with van der Waals surface area (Å²) in [6.45, 7) is 2.13. The van der Waals surface area contributed by atoms with Crippen LogP contribution < -0.4 is 0 Å². The van der Waals surface area contributed by atoms with E-state index in [1.54, 1.807) is 0 Å². The summed E-state index contributed by atoms with van der Waals surface area (Å²) < 4.78 is -0.550. The molecule has 0 aromatic heterocycles. The van der Waals surface area contributed by atoms with Crippen molar-refractivity contribution < 1.29 is 9.90 Å². The molecule has 0 spiro atoms. The summed E-state index contributed by atoms with van der Waals surface area (Å²) in [5.74, 6) is 0. The summed E-state index contributed by atoms with van der Waals surface area (Å²) in [6, 6.07) is 0. The second-order valence-corrected chi connectivity index (χ2v) is 4.63. The van der Waals surface area contributed by atoms with Crippen molar-refractivity contribution in [1.82, 2.24) is 0 Å². The minimum absolute atomic E-state index is 0.550. The monoisotopic (exact) mass is 192 g/mol. The molecule has 1 unspecified atom stereocenters. The van der Waals surface area contributed by atoms with Gasteiger partial charge >= 0.3 is 61.8 Å². The maximum absolute atomic E-state index is 10.0. The first-order valence-corrected chi connectivity index (χ1v) is 5.77. The van der Waals surface area contributed by atoms with Crippen LogP contribution in [0.3, 0.4) is 0 Å². The van der Waals surface area contributed by atoms with Gasteiger partial charge in [-0.15, -0.1) is 0 Å². The summed E-state index contributed by atoms with van der Waals surface area (Å²) in [5.41, 5.74) is 0. The molecule has 0 radical (unpaired) electrons. The van der Waals surface area contributed by atoms with Gasteiger partial charge in [-0.2, -0.15) is 0 Å². The van der Waals surface area contributed by atoms with Crippen LogP contribution in [0.4, 0.5) is 4.79 Å². The number of carboxylic acid groups (broad SMARTS) is 1. The zero-order valence-electron chi connectivity index (χ0n) is 5.68. The number of rotatable bonds is 5. The fourth-order valence-electron chi connectivity index (χ4n) is 0.570. The Hall–Kier alpha value is 0.0284. The van der Waals surface area contributed by atoms with E-state index in [-0.39, 0.29) is 0 Å². The van der Waals surface area contributed by atoms with E-state index in [4.69, 9.17) is 5.11 Å². The topological polar surface area (TPSA) is 37.3 Å². The zero-order chi connectivity index (χ0) is 7.11. The van der Waals surface area contributed by atoms with Crippen LogP contribution in [0, 0.1) is 0 Å². The molecule has 0 aliphatic heterocycles. The molecule has 1 N–H and O–H groups in total. The summed E-state index contributed by atoms with van der Waals surface area (Å²) in [7, 11) is 0. The van der Waals surface area contributed by atoms with Crippen LogP contribution in [-0.4, -0.2) is 25.6 Å². The predicted octanol–water partition coefficient (Wildman–Crippen LogP) is 1.71. The SMILES string of the molecule is CCCCC[AsH]C(=O)O. The van der Waals surface area contributed by atoms with Crippen LogP contribution in [0.15, 0.2) is 0 Å². The number of unbranched alkanes of at least 4 members (excludes halogenated alkanes) is 2. The van der Waals surface area contributed by atoms with E-state index in [0.29, 0.717) is 0 Å². The third-order valence-electron chi connectivity index (χ3n) is 1.06. The third kappa shape index (κ3) is 8.03. The molecule has 0 bridgehead atoms. The van der Waals surface area contributed by atoms with E-state index >= 15 is 0 Å². The van der Waals surface area contributed by atoms with Crippen molar-refractivity contribution in [3.05, 3.63) is 0 Å². The van der Waals surface area contributed by atoms with Crippen molar-refractivity contribution in [2.24, 2.45) is 0 Å².